The smallest absolute Gasteiger partial charge is 0.240 e. The van der Waals surface area contributed by atoms with Crippen LogP contribution >= 0.6 is 11.8 Å². The Bertz CT molecular complexity index is 1000. The third kappa shape index (κ3) is 5.33. The van der Waals surface area contributed by atoms with E-state index in [9.17, 15) is 4.39 Å². The highest BCUT2D eigenvalue weighted by atomic mass is 32.2. The number of nitrogens with zero attached hydrogens (tertiary/aromatic N) is 6. The molecule has 0 radical (unpaired) electrons. The SMILES string of the molecule is CCCCn1c(SC(C)c2nc(-c3ccc(C)c(F)c3)no2)nnc1C(CC)N(C)C. The maximum absolute atomic E-state index is 13.9. The molecule has 0 amide bonds. The first kappa shape index (κ1) is 23.4. The highest BCUT2D eigenvalue weighted by Crippen LogP contribution is 2.35. The Kier molecular flexibility index (Phi) is 7.83. The van der Waals surface area contributed by atoms with Gasteiger partial charge in [-0.25, -0.2) is 4.39 Å². The van der Waals surface area contributed by atoms with E-state index in [-0.39, 0.29) is 17.1 Å². The van der Waals surface area contributed by atoms with E-state index in [2.05, 4.69) is 57.7 Å². The van der Waals surface area contributed by atoms with Gasteiger partial charge >= 0.3 is 0 Å². The molecule has 3 aromatic rings. The number of hydrogen-bond donors (Lipinski definition) is 0. The first-order chi connectivity index (χ1) is 14.8. The Morgan fingerprint density at radius 1 is 1.23 bits per heavy atom. The lowest BCUT2D eigenvalue weighted by Gasteiger charge is -2.23. The Morgan fingerprint density at radius 3 is 2.65 bits per heavy atom. The average Bonchev–Trinajstić information content (AvgIpc) is 3.37. The fraction of sp³-hybridized carbons (Fsp3) is 0.545. The summed E-state index contributed by atoms with van der Waals surface area (Å²) in [4.78, 5) is 6.67. The van der Waals surface area contributed by atoms with Crippen LogP contribution < -0.4 is 0 Å². The maximum Gasteiger partial charge on any atom is 0.240 e. The number of halogens is 1. The third-order valence-corrected chi connectivity index (χ3v) is 6.36. The maximum atomic E-state index is 13.9. The monoisotopic (exact) mass is 446 g/mol. The molecule has 0 N–H and O–H groups in total. The third-order valence-electron chi connectivity index (χ3n) is 5.29. The lowest BCUT2D eigenvalue weighted by atomic mass is 10.1. The summed E-state index contributed by atoms with van der Waals surface area (Å²) in [6, 6.07) is 5.15. The summed E-state index contributed by atoms with van der Waals surface area (Å²) >= 11 is 1.55. The normalized spacial score (nSPS) is 13.7. The molecule has 0 aliphatic rings. The van der Waals surface area contributed by atoms with Crippen molar-refractivity contribution in [3.05, 3.63) is 41.3 Å². The Balaban J connectivity index is 1.83. The standard InChI is InChI=1S/C22H31FN6OS/c1-7-9-12-29-20(18(8-2)28(5)6)25-26-22(29)31-15(4)21-24-19(27-30-21)16-11-10-14(3)17(23)13-16/h10-11,13,15,18H,7-9,12H2,1-6H3. The fourth-order valence-corrected chi connectivity index (χ4v) is 4.31. The summed E-state index contributed by atoms with van der Waals surface area (Å²) in [6.07, 6.45) is 3.11. The van der Waals surface area contributed by atoms with Crippen molar-refractivity contribution in [2.45, 2.75) is 70.0 Å². The molecule has 0 spiro atoms. The summed E-state index contributed by atoms with van der Waals surface area (Å²) in [5, 5.41) is 13.8. The number of unbranched alkanes of at least 4 members (excludes halogenated alkanes) is 1. The van der Waals surface area contributed by atoms with Gasteiger partial charge in [0.05, 0.1) is 11.3 Å². The van der Waals surface area contributed by atoms with Crippen molar-refractivity contribution < 1.29 is 8.91 Å². The van der Waals surface area contributed by atoms with Gasteiger partial charge in [0.1, 0.15) is 5.82 Å². The van der Waals surface area contributed by atoms with E-state index in [4.69, 9.17) is 4.52 Å². The largest absolute Gasteiger partial charge is 0.338 e. The molecular weight excluding hydrogens is 415 g/mol. The molecule has 1 aromatic carbocycles. The van der Waals surface area contributed by atoms with Crippen molar-refractivity contribution in [2.75, 3.05) is 14.1 Å². The molecule has 0 saturated heterocycles. The summed E-state index contributed by atoms with van der Waals surface area (Å²) in [5.74, 6) is 1.56. The van der Waals surface area contributed by atoms with Gasteiger partial charge in [0.2, 0.25) is 11.7 Å². The number of aryl methyl sites for hydroxylation is 1. The van der Waals surface area contributed by atoms with Gasteiger partial charge in [-0.1, -0.05) is 49.3 Å². The molecule has 0 aliphatic carbocycles. The van der Waals surface area contributed by atoms with E-state index in [0.29, 0.717) is 22.8 Å². The second kappa shape index (κ2) is 10.4. The summed E-state index contributed by atoms with van der Waals surface area (Å²) in [7, 11) is 4.13. The lowest BCUT2D eigenvalue weighted by Crippen LogP contribution is -2.23. The van der Waals surface area contributed by atoms with Crippen molar-refractivity contribution in [1.29, 1.82) is 0 Å². The second-order valence-electron chi connectivity index (χ2n) is 7.91. The zero-order valence-electron chi connectivity index (χ0n) is 19.1. The minimum atomic E-state index is -0.283. The molecule has 0 fully saturated rings. The number of thioether (sulfide) groups is 1. The summed E-state index contributed by atoms with van der Waals surface area (Å²) in [5.41, 5.74) is 1.18. The Labute approximate surface area is 187 Å². The molecule has 0 bridgehead atoms. The van der Waals surface area contributed by atoms with Crippen LogP contribution in [0.25, 0.3) is 11.4 Å². The molecule has 9 heteroatoms. The van der Waals surface area contributed by atoms with Crippen molar-refractivity contribution in [3.63, 3.8) is 0 Å². The zero-order valence-corrected chi connectivity index (χ0v) is 19.9. The Morgan fingerprint density at radius 2 is 2.00 bits per heavy atom. The van der Waals surface area contributed by atoms with Gasteiger partial charge in [-0.15, -0.1) is 10.2 Å². The van der Waals surface area contributed by atoms with Crippen LogP contribution in [0, 0.1) is 12.7 Å². The molecule has 168 valence electrons. The van der Waals surface area contributed by atoms with Crippen LogP contribution in [-0.4, -0.2) is 43.9 Å². The van der Waals surface area contributed by atoms with Gasteiger partial charge in [-0.2, -0.15) is 4.98 Å². The van der Waals surface area contributed by atoms with E-state index < -0.39 is 0 Å². The van der Waals surface area contributed by atoms with Crippen LogP contribution in [0.3, 0.4) is 0 Å². The fourth-order valence-electron chi connectivity index (χ4n) is 3.40. The highest BCUT2D eigenvalue weighted by Gasteiger charge is 2.25. The van der Waals surface area contributed by atoms with Crippen molar-refractivity contribution in [1.82, 2.24) is 29.8 Å². The molecule has 0 aliphatic heterocycles. The predicted molar refractivity (Wildman–Crippen MR) is 120 cm³/mol. The minimum Gasteiger partial charge on any atom is -0.338 e. The van der Waals surface area contributed by atoms with Crippen molar-refractivity contribution in [2.24, 2.45) is 0 Å². The topological polar surface area (TPSA) is 72.9 Å². The van der Waals surface area contributed by atoms with E-state index in [1.807, 2.05) is 6.92 Å². The minimum absolute atomic E-state index is 0.117. The molecule has 31 heavy (non-hydrogen) atoms. The Hall–Kier alpha value is -2.26. The van der Waals surface area contributed by atoms with Crippen LogP contribution in [0.15, 0.2) is 27.9 Å². The first-order valence-corrected chi connectivity index (χ1v) is 11.6. The number of rotatable bonds is 10. The molecular formula is C22H31FN6OS. The molecule has 0 saturated carbocycles. The van der Waals surface area contributed by atoms with Gasteiger partial charge in [0, 0.05) is 12.1 Å². The summed E-state index contributed by atoms with van der Waals surface area (Å²) < 4.78 is 21.6. The zero-order chi connectivity index (χ0) is 22.5. The molecule has 2 heterocycles. The highest BCUT2D eigenvalue weighted by molar-refractivity contribution is 7.99. The van der Waals surface area contributed by atoms with Gasteiger partial charge in [0.25, 0.3) is 0 Å². The first-order valence-electron chi connectivity index (χ1n) is 10.7. The number of benzene rings is 1. The lowest BCUT2D eigenvalue weighted by molar-refractivity contribution is 0.270. The van der Waals surface area contributed by atoms with Gasteiger partial charge in [0.15, 0.2) is 11.0 Å². The summed E-state index contributed by atoms with van der Waals surface area (Å²) in [6.45, 7) is 8.93. The van der Waals surface area contributed by atoms with E-state index in [0.717, 1.165) is 36.8 Å². The molecule has 2 atom stereocenters. The number of hydrogen-bond acceptors (Lipinski definition) is 7. The predicted octanol–water partition coefficient (Wildman–Crippen LogP) is 5.44. The molecule has 2 unspecified atom stereocenters. The van der Waals surface area contributed by atoms with Crippen LogP contribution in [0.4, 0.5) is 4.39 Å². The van der Waals surface area contributed by atoms with E-state index in [1.54, 1.807) is 30.8 Å². The quantitative estimate of drug-likeness (QED) is 0.384. The number of aromatic nitrogens is 5. The van der Waals surface area contributed by atoms with Crippen LogP contribution in [0.5, 0.6) is 0 Å². The van der Waals surface area contributed by atoms with Gasteiger partial charge < -0.3 is 9.09 Å². The molecule has 3 rings (SSSR count). The van der Waals surface area contributed by atoms with Crippen molar-refractivity contribution in [3.8, 4) is 11.4 Å². The van der Waals surface area contributed by atoms with Crippen LogP contribution in [0.2, 0.25) is 0 Å². The van der Waals surface area contributed by atoms with Gasteiger partial charge in [-0.05, 0) is 52.4 Å². The van der Waals surface area contributed by atoms with Crippen LogP contribution in [-0.2, 0) is 6.54 Å². The van der Waals surface area contributed by atoms with Crippen LogP contribution in [0.1, 0.15) is 68.6 Å². The van der Waals surface area contributed by atoms with Gasteiger partial charge in [-0.3, -0.25) is 4.90 Å². The molecule has 7 nitrogen and oxygen atoms in total. The molecule has 2 aromatic heterocycles. The van der Waals surface area contributed by atoms with E-state index >= 15 is 0 Å². The van der Waals surface area contributed by atoms with Crippen molar-refractivity contribution >= 4 is 11.8 Å². The average molecular weight is 447 g/mol. The van der Waals surface area contributed by atoms with E-state index in [1.165, 1.54) is 6.07 Å². The second-order valence-corrected chi connectivity index (χ2v) is 9.22.